The van der Waals surface area contributed by atoms with Gasteiger partial charge < -0.3 is 20.4 Å². The molecule has 0 radical (unpaired) electrons. The van der Waals surface area contributed by atoms with E-state index in [0.29, 0.717) is 29.9 Å². The molecular weight excluding hydrogens is 587 g/mol. The standard InChI is InChI=1S/C14H20F3N3.C10H7NOS.C9H11NO/c1-3-19-6-8-20(9-7-19)13-5-4-11(18-2)10-12(13)14(15,16)17;12-7-8-4-9(6-11-5-8)10-2-1-3-13-10;1-7-3-4-8(6-11)5-9(7)10-2/h4-5,10,18H,3,6-9H2,1-2H3;1-7H;3-6,10H,1-2H3. The Kier molecular flexibility index (Phi) is 12.9. The Morgan fingerprint density at radius 2 is 1.64 bits per heavy atom. The molecule has 0 unspecified atom stereocenters. The van der Waals surface area contributed by atoms with Crippen LogP contribution in [0.15, 0.2) is 72.4 Å². The fraction of sp³-hybridized carbons (Fsp3) is 0.303. The van der Waals surface area contributed by atoms with Crippen LogP contribution < -0.4 is 15.5 Å². The molecule has 7 nitrogen and oxygen atoms in total. The van der Waals surface area contributed by atoms with Gasteiger partial charge >= 0.3 is 6.18 Å². The lowest BCUT2D eigenvalue weighted by molar-refractivity contribution is -0.137. The number of aldehydes is 2. The third-order valence-electron chi connectivity index (χ3n) is 7.12. The number of anilines is 3. The first-order chi connectivity index (χ1) is 21.1. The van der Waals surface area contributed by atoms with E-state index in [4.69, 9.17) is 0 Å². The van der Waals surface area contributed by atoms with Gasteiger partial charge in [-0.05, 0) is 60.8 Å². The van der Waals surface area contributed by atoms with Gasteiger partial charge in [0.25, 0.3) is 0 Å². The van der Waals surface area contributed by atoms with E-state index in [-0.39, 0.29) is 5.69 Å². The Morgan fingerprint density at radius 1 is 0.909 bits per heavy atom. The van der Waals surface area contributed by atoms with Crippen molar-refractivity contribution in [1.29, 1.82) is 0 Å². The number of piperazine rings is 1. The molecule has 4 aromatic rings. The molecular formula is C33H38F3N5O2S. The molecule has 3 heterocycles. The van der Waals surface area contributed by atoms with Crippen LogP contribution in [0.3, 0.4) is 0 Å². The SMILES string of the molecule is CCN1CCN(c2ccc(NC)cc2C(F)(F)F)CC1.CNc1cc(C=O)ccc1C.O=Cc1cncc(-c2cccs2)c1. The molecule has 2 N–H and O–H groups in total. The number of hydrogen-bond acceptors (Lipinski definition) is 8. The third-order valence-corrected chi connectivity index (χ3v) is 8.04. The van der Waals surface area contributed by atoms with Crippen LogP contribution in [0.1, 0.15) is 38.8 Å². The number of thiophene rings is 1. The van der Waals surface area contributed by atoms with Gasteiger partial charge in [0.1, 0.15) is 6.29 Å². The highest BCUT2D eigenvalue weighted by Crippen LogP contribution is 2.38. The number of nitrogens with zero attached hydrogens (tertiary/aromatic N) is 3. The molecule has 0 saturated carbocycles. The number of aryl methyl sites for hydroxylation is 1. The lowest BCUT2D eigenvalue weighted by Gasteiger charge is -2.36. The van der Waals surface area contributed by atoms with Crippen molar-refractivity contribution in [3.05, 3.63) is 94.6 Å². The smallest absolute Gasteiger partial charge is 0.388 e. The largest absolute Gasteiger partial charge is 0.418 e. The fourth-order valence-corrected chi connectivity index (χ4v) is 5.29. The zero-order valence-electron chi connectivity index (χ0n) is 25.3. The Hall–Kier alpha value is -4.22. The molecule has 0 atom stereocenters. The molecule has 0 amide bonds. The van der Waals surface area contributed by atoms with E-state index in [0.717, 1.165) is 53.9 Å². The summed E-state index contributed by atoms with van der Waals surface area (Å²) in [5, 5.41) is 7.77. The van der Waals surface area contributed by atoms with Crippen molar-refractivity contribution in [2.75, 3.05) is 62.4 Å². The first-order valence-electron chi connectivity index (χ1n) is 14.2. The number of carbonyl (C=O) groups excluding carboxylic acids is 2. The lowest BCUT2D eigenvalue weighted by Crippen LogP contribution is -2.46. The Balaban J connectivity index is 0.000000191. The molecule has 1 aliphatic heterocycles. The van der Waals surface area contributed by atoms with E-state index in [1.807, 2.05) is 60.6 Å². The van der Waals surface area contributed by atoms with E-state index in [2.05, 4.69) is 27.4 Å². The average molecular weight is 626 g/mol. The van der Waals surface area contributed by atoms with E-state index in [9.17, 15) is 22.8 Å². The van der Waals surface area contributed by atoms with Crippen LogP contribution >= 0.6 is 11.3 Å². The molecule has 44 heavy (non-hydrogen) atoms. The minimum Gasteiger partial charge on any atom is -0.388 e. The van der Waals surface area contributed by atoms with Crippen LogP contribution in [0.25, 0.3) is 10.4 Å². The molecule has 1 fully saturated rings. The predicted octanol–water partition coefficient (Wildman–Crippen LogP) is 7.36. The van der Waals surface area contributed by atoms with Gasteiger partial charge in [0.15, 0.2) is 6.29 Å². The molecule has 5 rings (SSSR count). The summed E-state index contributed by atoms with van der Waals surface area (Å²) in [6, 6.07) is 15.8. The number of hydrogen-bond donors (Lipinski definition) is 2. The molecule has 234 valence electrons. The second-order valence-corrected chi connectivity index (χ2v) is 10.9. The minimum absolute atomic E-state index is 0.284. The van der Waals surface area contributed by atoms with Crippen LogP contribution in [0.5, 0.6) is 0 Å². The summed E-state index contributed by atoms with van der Waals surface area (Å²) >= 11 is 1.64. The maximum Gasteiger partial charge on any atom is 0.418 e. The predicted molar refractivity (Wildman–Crippen MR) is 174 cm³/mol. The number of benzene rings is 2. The van der Waals surface area contributed by atoms with Crippen molar-refractivity contribution in [2.24, 2.45) is 0 Å². The highest BCUT2D eigenvalue weighted by atomic mass is 32.1. The van der Waals surface area contributed by atoms with Crippen molar-refractivity contribution < 1.29 is 22.8 Å². The van der Waals surface area contributed by atoms with Gasteiger partial charge in [-0.2, -0.15) is 13.2 Å². The van der Waals surface area contributed by atoms with Crippen molar-refractivity contribution in [3.8, 4) is 10.4 Å². The van der Waals surface area contributed by atoms with Crippen LogP contribution in [0.4, 0.5) is 30.2 Å². The van der Waals surface area contributed by atoms with Gasteiger partial charge in [0.2, 0.25) is 0 Å². The summed E-state index contributed by atoms with van der Waals surface area (Å²) in [7, 11) is 3.46. The van der Waals surface area contributed by atoms with Gasteiger partial charge in [-0.25, -0.2) is 0 Å². The number of alkyl halides is 3. The van der Waals surface area contributed by atoms with Gasteiger partial charge in [-0.15, -0.1) is 11.3 Å². The Labute approximate surface area is 260 Å². The molecule has 1 aliphatic rings. The van der Waals surface area contributed by atoms with Crippen LogP contribution in [0.2, 0.25) is 0 Å². The third kappa shape index (κ3) is 9.65. The quantitative estimate of drug-likeness (QED) is 0.208. The normalized spacial score (nSPS) is 13.1. The first kappa shape index (κ1) is 34.3. The van der Waals surface area contributed by atoms with Crippen LogP contribution in [-0.2, 0) is 6.18 Å². The zero-order chi connectivity index (χ0) is 32.1. The van der Waals surface area contributed by atoms with E-state index < -0.39 is 11.7 Å². The van der Waals surface area contributed by atoms with E-state index in [1.54, 1.807) is 42.9 Å². The van der Waals surface area contributed by atoms with E-state index in [1.165, 1.54) is 6.07 Å². The highest BCUT2D eigenvalue weighted by Gasteiger charge is 2.35. The van der Waals surface area contributed by atoms with Crippen molar-refractivity contribution in [2.45, 2.75) is 20.0 Å². The Bertz CT molecular complexity index is 1490. The summed E-state index contributed by atoms with van der Waals surface area (Å²) in [6.07, 6.45) is 0.650. The van der Waals surface area contributed by atoms with Gasteiger partial charge in [0.05, 0.1) is 5.56 Å². The molecule has 1 saturated heterocycles. The number of likely N-dealkylation sites (N-methyl/N-ethyl adjacent to an activating group) is 1. The van der Waals surface area contributed by atoms with Crippen molar-refractivity contribution in [3.63, 3.8) is 0 Å². The number of carbonyl (C=O) groups is 2. The number of rotatable bonds is 7. The maximum atomic E-state index is 13.2. The van der Waals surface area contributed by atoms with Crippen molar-refractivity contribution in [1.82, 2.24) is 9.88 Å². The molecule has 2 aromatic carbocycles. The summed E-state index contributed by atoms with van der Waals surface area (Å²) in [5.41, 5.74) is 4.69. The summed E-state index contributed by atoms with van der Waals surface area (Å²) in [4.78, 5) is 30.0. The monoisotopic (exact) mass is 625 g/mol. The molecule has 0 aliphatic carbocycles. The lowest BCUT2D eigenvalue weighted by atomic mass is 10.1. The summed E-state index contributed by atoms with van der Waals surface area (Å²) in [6.45, 7) is 7.90. The van der Waals surface area contributed by atoms with Gasteiger partial charge in [-0.1, -0.05) is 25.1 Å². The molecule has 0 bridgehead atoms. The summed E-state index contributed by atoms with van der Waals surface area (Å²) < 4.78 is 39.6. The second kappa shape index (κ2) is 16.6. The van der Waals surface area contributed by atoms with E-state index >= 15 is 0 Å². The Morgan fingerprint density at radius 3 is 2.20 bits per heavy atom. The molecule has 11 heteroatoms. The highest BCUT2D eigenvalue weighted by molar-refractivity contribution is 7.13. The van der Waals surface area contributed by atoms with Crippen LogP contribution in [-0.4, -0.2) is 69.3 Å². The number of aromatic nitrogens is 1. The van der Waals surface area contributed by atoms with Crippen molar-refractivity contribution >= 4 is 41.0 Å². The topological polar surface area (TPSA) is 77.6 Å². The average Bonchev–Trinajstić information content (AvgIpc) is 3.60. The molecule has 2 aromatic heterocycles. The zero-order valence-corrected chi connectivity index (χ0v) is 26.1. The van der Waals surface area contributed by atoms with Gasteiger partial charge in [-0.3, -0.25) is 14.6 Å². The van der Waals surface area contributed by atoms with Crippen LogP contribution in [0, 0.1) is 6.92 Å². The number of nitrogens with one attached hydrogen (secondary N) is 2. The number of halogens is 3. The maximum absolute atomic E-state index is 13.2. The number of pyridine rings is 1. The second-order valence-electron chi connectivity index (χ2n) is 9.95. The molecule has 0 spiro atoms. The summed E-state index contributed by atoms with van der Waals surface area (Å²) in [5.74, 6) is 0. The van der Waals surface area contributed by atoms with Gasteiger partial charge in [0, 0.05) is 91.3 Å². The fourth-order valence-electron chi connectivity index (χ4n) is 4.58. The minimum atomic E-state index is -4.33. The first-order valence-corrected chi connectivity index (χ1v) is 15.0.